The van der Waals surface area contributed by atoms with Crippen LogP contribution in [0.4, 0.5) is 0 Å². The van der Waals surface area contributed by atoms with Crippen molar-refractivity contribution in [3.63, 3.8) is 0 Å². The molecule has 0 bridgehead atoms. The molecule has 1 atom stereocenters. The molecular formula is C15H21NO2S. The maximum atomic E-state index is 11.7. The van der Waals surface area contributed by atoms with Crippen LogP contribution in [0.1, 0.15) is 17.5 Å². The van der Waals surface area contributed by atoms with Crippen molar-refractivity contribution < 1.29 is 8.42 Å². The maximum absolute atomic E-state index is 11.7. The molecule has 0 amide bonds. The fraction of sp³-hybridized carbons (Fsp3) is 0.600. The van der Waals surface area contributed by atoms with E-state index in [1.807, 2.05) is 0 Å². The lowest BCUT2D eigenvalue weighted by atomic mass is 9.66. The topological polar surface area (TPSA) is 46.2 Å². The van der Waals surface area contributed by atoms with E-state index in [4.69, 9.17) is 0 Å². The van der Waals surface area contributed by atoms with Gasteiger partial charge in [-0.15, -0.1) is 0 Å². The second-order valence-corrected chi connectivity index (χ2v) is 8.46. The molecular weight excluding hydrogens is 258 g/mol. The van der Waals surface area contributed by atoms with Gasteiger partial charge < -0.3 is 5.32 Å². The Labute approximate surface area is 115 Å². The van der Waals surface area contributed by atoms with Gasteiger partial charge in [0.2, 0.25) is 0 Å². The van der Waals surface area contributed by atoms with Crippen LogP contribution in [0.3, 0.4) is 0 Å². The number of sulfone groups is 1. The van der Waals surface area contributed by atoms with Crippen LogP contribution in [-0.4, -0.2) is 33.0 Å². The predicted molar refractivity (Wildman–Crippen MR) is 76.9 cm³/mol. The molecule has 2 aliphatic rings. The van der Waals surface area contributed by atoms with E-state index in [0.29, 0.717) is 17.4 Å². The van der Waals surface area contributed by atoms with Crippen molar-refractivity contribution in [2.24, 2.45) is 11.3 Å². The Morgan fingerprint density at radius 2 is 1.95 bits per heavy atom. The van der Waals surface area contributed by atoms with Crippen molar-refractivity contribution in [3.8, 4) is 0 Å². The van der Waals surface area contributed by atoms with Crippen molar-refractivity contribution in [2.75, 3.05) is 24.6 Å². The van der Waals surface area contributed by atoms with Gasteiger partial charge in [-0.05, 0) is 31.2 Å². The highest BCUT2D eigenvalue weighted by Crippen LogP contribution is 2.41. The van der Waals surface area contributed by atoms with E-state index in [0.717, 1.165) is 25.9 Å². The molecule has 0 aromatic heterocycles. The highest BCUT2D eigenvalue weighted by molar-refractivity contribution is 7.91. The third kappa shape index (κ3) is 2.56. The quantitative estimate of drug-likeness (QED) is 0.913. The highest BCUT2D eigenvalue weighted by atomic mass is 32.2. The van der Waals surface area contributed by atoms with Crippen molar-refractivity contribution in [2.45, 2.75) is 19.8 Å². The summed E-state index contributed by atoms with van der Waals surface area (Å²) in [5.74, 6) is 1.11. The normalized spacial score (nSPS) is 27.9. The van der Waals surface area contributed by atoms with Crippen molar-refractivity contribution in [3.05, 3.63) is 35.4 Å². The first-order chi connectivity index (χ1) is 8.99. The van der Waals surface area contributed by atoms with E-state index in [1.165, 1.54) is 11.1 Å². The Morgan fingerprint density at radius 1 is 1.26 bits per heavy atom. The monoisotopic (exact) mass is 279 g/mol. The van der Waals surface area contributed by atoms with E-state index in [1.54, 1.807) is 0 Å². The molecule has 104 valence electrons. The molecule has 1 aromatic carbocycles. The molecule has 2 fully saturated rings. The van der Waals surface area contributed by atoms with Crippen LogP contribution >= 0.6 is 0 Å². The lowest BCUT2D eigenvalue weighted by molar-refractivity contribution is 0.0925. The van der Waals surface area contributed by atoms with E-state index < -0.39 is 9.84 Å². The Hall–Kier alpha value is -0.870. The van der Waals surface area contributed by atoms with E-state index in [9.17, 15) is 8.42 Å². The van der Waals surface area contributed by atoms with Gasteiger partial charge in [0.15, 0.2) is 9.84 Å². The molecule has 0 radical (unpaired) electrons. The minimum Gasteiger partial charge on any atom is -0.315 e. The van der Waals surface area contributed by atoms with E-state index in [-0.39, 0.29) is 5.41 Å². The summed E-state index contributed by atoms with van der Waals surface area (Å²) in [5.41, 5.74) is 2.77. The average Bonchev–Trinajstić information content (AvgIpc) is 2.67. The zero-order valence-corrected chi connectivity index (χ0v) is 12.2. The number of nitrogens with one attached hydrogen (secondary N) is 1. The SMILES string of the molecule is Cc1ccc(CC2(C3CCS(=O)(=O)C3)CNC2)cc1. The van der Waals surface area contributed by atoms with Gasteiger partial charge >= 0.3 is 0 Å². The minimum absolute atomic E-state index is 0.166. The fourth-order valence-corrected chi connectivity index (χ4v) is 5.34. The molecule has 0 aliphatic carbocycles. The summed E-state index contributed by atoms with van der Waals surface area (Å²) in [6.07, 6.45) is 1.84. The average molecular weight is 279 g/mol. The minimum atomic E-state index is -2.78. The van der Waals surface area contributed by atoms with Crippen LogP contribution in [0.2, 0.25) is 0 Å². The first-order valence-corrected chi connectivity index (χ1v) is 8.78. The number of rotatable bonds is 3. The molecule has 4 heteroatoms. The highest BCUT2D eigenvalue weighted by Gasteiger charge is 2.48. The summed E-state index contributed by atoms with van der Waals surface area (Å²) >= 11 is 0. The van der Waals surface area contributed by atoms with Crippen LogP contribution in [0.25, 0.3) is 0 Å². The second kappa shape index (κ2) is 4.60. The third-order valence-electron chi connectivity index (χ3n) is 4.73. The smallest absolute Gasteiger partial charge is 0.150 e. The van der Waals surface area contributed by atoms with Gasteiger partial charge in [-0.25, -0.2) is 8.42 Å². The van der Waals surface area contributed by atoms with Crippen LogP contribution in [0.5, 0.6) is 0 Å². The summed E-state index contributed by atoms with van der Waals surface area (Å²) < 4.78 is 23.4. The summed E-state index contributed by atoms with van der Waals surface area (Å²) in [7, 11) is -2.78. The van der Waals surface area contributed by atoms with Gasteiger partial charge in [-0.3, -0.25) is 0 Å². The summed E-state index contributed by atoms with van der Waals surface area (Å²) in [6, 6.07) is 8.64. The lowest BCUT2D eigenvalue weighted by Crippen LogP contribution is -2.59. The molecule has 19 heavy (non-hydrogen) atoms. The number of hydrogen-bond acceptors (Lipinski definition) is 3. The first-order valence-electron chi connectivity index (χ1n) is 6.96. The summed E-state index contributed by atoms with van der Waals surface area (Å²) in [6.45, 7) is 4.01. The molecule has 1 unspecified atom stereocenters. The van der Waals surface area contributed by atoms with Gasteiger partial charge in [-0.2, -0.15) is 0 Å². The lowest BCUT2D eigenvalue weighted by Gasteiger charge is -2.47. The third-order valence-corrected chi connectivity index (χ3v) is 6.50. The summed E-state index contributed by atoms with van der Waals surface area (Å²) in [5, 5.41) is 3.34. The van der Waals surface area contributed by atoms with Gasteiger partial charge in [0.1, 0.15) is 0 Å². The second-order valence-electron chi connectivity index (χ2n) is 6.23. The van der Waals surface area contributed by atoms with Crippen LogP contribution in [-0.2, 0) is 16.3 Å². The molecule has 2 saturated heterocycles. The molecule has 3 rings (SSSR count). The van der Waals surface area contributed by atoms with Gasteiger partial charge in [-0.1, -0.05) is 29.8 Å². The molecule has 1 aromatic rings. The standard InChI is InChI=1S/C15H21NO2S/c1-12-2-4-13(5-3-12)8-15(10-16-11-15)14-6-7-19(17,18)9-14/h2-5,14,16H,6-11H2,1H3. The molecule has 2 aliphatic heterocycles. The Morgan fingerprint density at radius 3 is 2.42 bits per heavy atom. The molecule has 1 N–H and O–H groups in total. The Bertz CT molecular complexity index is 558. The van der Waals surface area contributed by atoms with Gasteiger partial charge in [0.25, 0.3) is 0 Å². The van der Waals surface area contributed by atoms with Crippen molar-refractivity contribution >= 4 is 9.84 Å². The Kier molecular flexibility index (Phi) is 3.18. The summed E-state index contributed by atoms with van der Waals surface area (Å²) in [4.78, 5) is 0. The zero-order chi connectivity index (χ0) is 13.5. The molecule has 0 spiro atoms. The largest absolute Gasteiger partial charge is 0.315 e. The molecule has 0 saturated carbocycles. The zero-order valence-electron chi connectivity index (χ0n) is 11.4. The predicted octanol–water partition coefficient (Wildman–Crippen LogP) is 1.56. The Balaban J connectivity index is 1.78. The van der Waals surface area contributed by atoms with Gasteiger partial charge in [0.05, 0.1) is 11.5 Å². The van der Waals surface area contributed by atoms with Gasteiger partial charge in [0, 0.05) is 18.5 Å². The maximum Gasteiger partial charge on any atom is 0.150 e. The number of aryl methyl sites for hydroxylation is 1. The fourth-order valence-electron chi connectivity index (χ4n) is 3.39. The first kappa shape index (κ1) is 13.1. The number of benzene rings is 1. The number of hydrogen-bond donors (Lipinski definition) is 1. The van der Waals surface area contributed by atoms with Crippen LogP contribution in [0.15, 0.2) is 24.3 Å². The van der Waals surface area contributed by atoms with E-state index in [2.05, 4.69) is 36.5 Å². The van der Waals surface area contributed by atoms with Crippen LogP contribution < -0.4 is 5.32 Å². The molecule has 2 heterocycles. The van der Waals surface area contributed by atoms with Crippen LogP contribution in [0, 0.1) is 18.3 Å². The van der Waals surface area contributed by atoms with Crippen molar-refractivity contribution in [1.29, 1.82) is 0 Å². The molecule has 3 nitrogen and oxygen atoms in total. The van der Waals surface area contributed by atoms with E-state index >= 15 is 0 Å². The van der Waals surface area contributed by atoms with Crippen molar-refractivity contribution in [1.82, 2.24) is 5.32 Å².